The Morgan fingerprint density at radius 3 is 2.20 bits per heavy atom. The number of ether oxygens (including phenoxy) is 1. The van der Waals surface area contributed by atoms with Gasteiger partial charge in [0.2, 0.25) is 11.8 Å². The number of alkyl carbamates (subject to hydrolysis) is 1. The number of nitrogens with one attached hydrogen (secondary N) is 2. The number of carbonyl (C=O) groups excluding carboxylic acids is 3. The summed E-state index contributed by atoms with van der Waals surface area (Å²) in [4.78, 5) is 42.7. The van der Waals surface area contributed by atoms with Crippen LogP contribution in [0.2, 0.25) is 0 Å². The molecule has 0 saturated carbocycles. The Morgan fingerprint density at radius 1 is 1.02 bits per heavy atom. The topological polar surface area (TPSA) is 108 Å². The largest absolute Gasteiger partial charge is 0.508 e. The van der Waals surface area contributed by atoms with Gasteiger partial charge in [0.05, 0.1) is 0 Å². The number of phenols is 1. The van der Waals surface area contributed by atoms with Gasteiger partial charge in [0.1, 0.15) is 23.4 Å². The van der Waals surface area contributed by atoms with Gasteiger partial charge in [0.15, 0.2) is 0 Å². The van der Waals surface area contributed by atoms with E-state index >= 15 is 0 Å². The van der Waals surface area contributed by atoms with Gasteiger partial charge in [-0.1, -0.05) is 49.6 Å². The SMILES string of the molecule is C#Cc1ccccc1C(C(=O)NCCCC)N(C(=O)C(Cc1ccc(O)cc1)NC(=O)OC(C)(C)C)C(C)(C)C. The lowest BCUT2D eigenvalue weighted by molar-refractivity contribution is -0.148. The van der Waals surface area contributed by atoms with Crippen molar-refractivity contribution in [1.29, 1.82) is 0 Å². The molecular formula is C32H43N3O5. The molecule has 0 saturated heterocycles. The highest BCUT2D eigenvalue weighted by Crippen LogP contribution is 2.32. The molecule has 2 aromatic carbocycles. The van der Waals surface area contributed by atoms with E-state index in [2.05, 4.69) is 16.6 Å². The lowest BCUT2D eigenvalue weighted by atomic mass is 9.92. The molecule has 3 amide bonds. The van der Waals surface area contributed by atoms with Crippen LogP contribution in [0.4, 0.5) is 4.79 Å². The third-order valence-corrected chi connectivity index (χ3v) is 6.07. The monoisotopic (exact) mass is 549 g/mol. The Hall–Kier alpha value is -3.99. The first-order chi connectivity index (χ1) is 18.7. The van der Waals surface area contributed by atoms with Crippen molar-refractivity contribution in [3.63, 3.8) is 0 Å². The molecule has 0 radical (unpaired) electrons. The molecule has 0 spiro atoms. The first-order valence-electron chi connectivity index (χ1n) is 13.6. The van der Waals surface area contributed by atoms with Crippen molar-refractivity contribution in [1.82, 2.24) is 15.5 Å². The summed E-state index contributed by atoms with van der Waals surface area (Å²) >= 11 is 0. The first kappa shape index (κ1) is 32.2. The molecule has 2 unspecified atom stereocenters. The van der Waals surface area contributed by atoms with Crippen LogP contribution in [-0.2, 0) is 20.7 Å². The van der Waals surface area contributed by atoms with Crippen molar-refractivity contribution in [3.8, 4) is 18.1 Å². The van der Waals surface area contributed by atoms with Crippen molar-refractivity contribution in [2.45, 2.75) is 91.0 Å². The second kappa shape index (κ2) is 13.9. The number of amides is 3. The zero-order chi connectivity index (χ0) is 30.1. The third-order valence-electron chi connectivity index (χ3n) is 6.07. The number of unbranched alkanes of at least 4 members (excludes halogenated alkanes) is 1. The molecule has 3 N–H and O–H groups in total. The second-order valence-electron chi connectivity index (χ2n) is 11.7. The van der Waals surface area contributed by atoms with Gasteiger partial charge in [0, 0.05) is 24.1 Å². The Morgan fingerprint density at radius 2 is 1.65 bits per heavy atom. The average Bonchev–Trinajstić information content (AvgIpc) is 2.86. The third kappa shape index (κ3) is 9.33. The quantitative estimate of drug-likeness (QED) is 0.283. The predicted molar refractivity (Wildman–Crippen MR) is 157 cm³/mol. The molecule has 0 bridgehead atoms. The molecule has 216 valence electrons. The molecule has 0 aliphatic heterocycles. The summed E-state index contributed by atoms with van der Waals surface area (Å²) in [5.74, 6) is 1.89. The number of terminal acetylenes is 1. The summed E-state index contributed by atoms with van der Waals surface area (Å²) in [5, 5.41) is 15.4. The van der Waals surface area contributed by atoms with Crippen LogP contribution in [0.5, 0.6) is 5.75 Å². The van der Waals surface area contributed by atoms with Crippen LogP contribution in [0, 0.1) is 12.3 Å². The number of hydrogen-bond acceptors (Lipinski definition) is 5. The smallest absolute Gasteiger partial charge is 0.408 e. The molecule has 40 heavy (non-hydrogen) atoms. The highest BCUT2D eigenvalue weighted by atomic mass is 16.6. The average molecular weight is 550 g/mol. The molecule has 2 atom stereocenters. The molecule has 0 aromatic heterocycles. The summed E-state index contributed by atoms with van der Waals surface area (Å²) in [6.07, 6.45) is 6.83. The van der Waals surface area contributed by atoms with Gasteiger partial charge < -0.3 is 25.4 Å². The number of nitrogens with zero attached hydrogens (tertiary/aromatic N) is 1. The van der Waals surface area contributed by atoms with Crippen LogP contribution < -0.4 is 10.6 Å². The van der Waals surface area contributed by atoms with E-state index in [4.69, 9.17) is 11.2 Å². The van der Waals surface area contributed by atoms with Gasteiger partial charge in [-0.2, -0.15) is 0 Å². The highest BCUT2D eigenvalue weighted by Gasteiger charge is 2.42. The molecule has 8 nitrogen and oxygen atoms in total. The molecule has 2 rings (SSSR count). The van der Waals surface area contributed by atoms with Crippen LogP contribution in [-0.4, -0.2) is 51.6 Å². The van der Waals surface area contributed by atoms with E-state index in [1.54, 1.807) is 57.2 Å². The summed E-state index contributed by atoms with van der Waals surface area (Å²) < 4.78 is 5.47. The maximum absolute atomic E-state index is 14.5. The van der Waals surface area contributed by atoms with Crippen molar-refractivity contribution in [2.24, 2.45) is 0 Å². The number of carbonyl (C=O) groups is 3. The van der Waals surface area contributed by atoms with Crippen molar-refractivity contribution >= 4 is 17.9 Å². The fraction of sp³-hybridized carbons (Fsp3) is 0.469. The summed E-state index contributed by atoms with van der Waals surface area (Å²) in [7, 11) is 0. The summed E-state index contributed by atoms with van der Waals surface area (Å²) in [6.45, 7) is 13.2. The summed E-state index contributed by atoms with van der Waals surface area (Å²) in [5.41, 5.74) is 0.0780. The molecule has 8 heteroatoms. The van der Waals surface area contributed by atoms with Gasteiger partial charge in [-0.25, -0.2) is 4.79 Å². The first-order valence-corrected chi connectivity index (χ1v) is 13.6. The number of phenolic OH excluding ortho intramolecular Hbond substituents is 1. The lowest BCUT2D eigenvalue weighted by Crippen LogP contribution is -2.59. The maximum Gasteiger partial charge on any atom is 0.408 e. The Balaban J connectivity index is 2.64. The Labute approximate surface area is 238 Å². The zero-order valence-corrected chi connectivity index (χ0v) is 24.7. The lowest BCUT2D eigenvalue weighted by Gasteiger charge is -2.43. The normalized spacial score (nSPS) is 12.9. The summed E-state index contributed by atoms with van der Waals surface area (Å²) in [6, 6.07) is 11.3. The Bertz CT molecular complexity index is 1200. The van der Waals surface area contributed by atoms with Crippen LogP contribution in [0.25, 0.3) is 0 Å². The predicted octanol–water partition coefficient (Wildman–Crippen LogP) is 5.09. The highest BCUT2D eigenvalue weighted by molar-refractivity contribution is 5.93. The number of rotatable bonds is 10. The fourth-order valence-corrected chi connectivity index (χ4v) is 4.28. The standard InChI is InChI=1S/C32H43N3O5/c1-9-11-20-33-28(37)27(25-15-13-12-14-23(25)10-2)35(31(3,4)5)29(38)26(34-30(39)40-32(6,7)8)21-22-16-18-24(36)19-17-22/h2,12-19,26-27,36H,9,11,20-21H2,1,3-8H3,(H,33,37)(H,34,39). The van der Waals surface area contributed by atoms with E-state index in [1.165, 1.54) is 17.0 Å². The zero-order valence-electron chi connectivity index (χ0n) is 24.7. The van der Waals surface area contributed by atoms with E-state index in [9.17, 15) is 19.5 Å². The molecule has 0 aliphatic carbocycles. The van der Waals surface area contributed by atoms with Gasteiger partial charge in [0.25, 0.3) is 0 Å². The minimum absolute atomic E-state index is 0.0813. The van der Waals surface area contributed by atoms with Gasteiger partial charge in [-0.3, -0.25) is 9.59 Å². The van der Waals surface area contributed by atoms with Crippen LogP contribution >= 0.6 is 0 Å². The van der Waals surface area contributed by atoms with Crippen LogP contribution in [0.3, 0.4) is 0 Å². The number of benzene rings is 2. The fourth-order valence-electron chi connectivity index (χ4n) is 4.28. The second-order valence-corrected chi connectivity index (χ2v) is 11.7. The van der Waals surface area contributed by atoms with Crippen LogP contribution in [0.15, 0.2) is 48.5 Å². The number of aromatic hydroxyl groups is 1. The van der Waals surface area contributed by atoms with Gasteiger partial charge in [-0.15, -0.1) is 6.42 Å². The maximum atomic E-state index is 14.5. The van der Waals surface area contributed by atoms with Gasteiger partial charge >= 0.3 is 6.09 Å². The minimum atomic E-state index is -1.08. The molecule has 0 fully saturated rings. The number of hydrogen-bond donors (Lipinski definition) is 3. The Kier molecular flexibility index (Phi) is 11.2. The molecule has 0 aliphatic rings. The van der Waals surface area contributed by atoms with Crippen molar-refractivity contribution < 1.29 is 24.2 Å². The molecular weight excluding hydrogens is 506 g/mol. The van der Waals surface area contributed by atoms with Crippen LogP contribution in [0.1, 0.15) is 84.0 Å². The minimum Gasteiger partial charge on any atom is -0.508 e. The van der Waals surface area contributed by atoms with Gasteiger partial charge in [-0.05, 0) is 77.3 Å². The van der Waals surface area contributed by atoms with E-state index in [0.29, 0.717) is 23.2 Å². The van der Waals surface area contributed by atoms with Crippen molar-refractivity contribution in [2.75, 3.05) is 6.54 Å². The van der Waals surface area contributed by atoms with E-state index < -0.39 is 35.2 Å². The van der Waals surface area contributed by atoms with E-state index in [1.807, 2.05) is 27.7 Å². The van der Waals surface area contributed by atoms with Crippen molar-refractivity contribution in [3.05, 3.63) is 65.2 Å². The molecule has 0 heterocycles. The van der Waals surface area contributed by atoms with E-state index in [-0.39, 0.29) is 18.1 Å². The van der Waals surface area contributed by atoms with E-state index in [0.717, 1.165) is 12.8 Å². The molecule has 2 aromatic rings.